The van der Waals surface area contributed by atoms with Crippen LogP contribution in [0.3, 0.4) is 0 Å². The Bertz CT molecular complexity index is 1210. The van der Waals surface area contributed by atoms with Gasteiger partial charge in [0.1, 0.15) is 0 Å². The summed E-state index contributed by atoms with van der Waals surface area (Å²) in [6, 6.07) is 30.6. The minimum Gasteiger partial charge on any atom is -0.309 e. The number of rotatable bonds is 1. The van der Waals surface area contributed by atoms with Gasteiger partial charge in [-0.2, -0.15) is 0 Å². The predicted octanol–water partition coefficient (Wildman–Crippen LogP) is 6.25. The van der Waals surface area contributed by atoms with Gasteiger partial charge in [-0.3, -0.25) is 0 Å². The molecule has 1 aromatic heterocycles. The van der Waals surface area contributed by atoms with Crippen LogP contribution in [0.4, 0.5) is 0 Å². The zero-order chi connectivity index (χ0) is 16.1. The number of nitrogens with zero attached hydrogens (tertiary/aromatic N) is 1. The lowest BCUT2D eigenvalue weighted by molar-refractivity contribution is 1.18. The smallest absolute Gasteiger partial charge is 0.0543 e. The summed E-state index contributed by atoms with van der Waals surface area (Å²) in [6.07, 6.45) is 0. The fourth-order valence-electron chi connectivity index (χ4n) is 3.67. The van der Waals surface area contributed by atoms with Crippen molar-refractivity contribution in [1.29, 1.82) is 0 Å². The van der Waals surface area contributed by atoms with Crippen LogP contribution < -0.4 is 0 Å². The third-order valence-electron chi connectivity index (χ3n) is 4.82. The van der Waals surface area contributed by atoms with E-state index < -0.39 is 0 Å². The van der Waals surface area contributed by atoms with Gasteiger partial charge in [-0.05, 0) is 47.5 Å². The van der Waals surface area contributed by atoms with Gasteiger partial charge in [0.2, 0.25) is 0 Å². The summed E-state index contributed by atoms with van der Waals surface area (Å²) in [7, 11) is 0. The highest BCUT2D eigenvalue weighted by Gasteiger charge is 2.12. The summed E-state index contributed by atoms with van der Waals surface area (Å²) < 4.78 is 2.38. The van der Waals surface area contributed by atoms with E-state index in [1.165, 1.54) is 43.8 Å². The maximum atomic E-state index is 2.38. The van der Waals surface area contributed by atoms with Crippen LogP contribution >= 0.6 is 0 Å². The van der Waals surface area contributed by atoms with E-state index in [0.29, 0.717) is 0 Å². The first-order chi connectivity index (χ1) is 11.8. The van der Waals surface area contributed by atoms with Crippen LogP contribution in [0.1, 0.15) is 5.56 Å². The molecule has 5 rings (SSSR count). The van der Waals surface area contributed by atoms with Gasteiger partial charge in [0.05, 0.1) is 11.0 Å². The molecule has 0 fully saturated rings. The monoisotopic (exact) mass is 307 g/mol. The molecule has 1 nitrogen and oxygen atoms in total. The molecule has 0 spiro atoms. The number of benzene rings is 4. The molecule has 5 aromatic rings. The molecule has 0 atom stereocenters. The Labute approximate surface area is 140 Å². The van der Waals surface area contributed by atoms with Crippen molar-refractivity contribution >= 4 is 32.6 Å². The number of aromatic nitrogens is 1. The summed E-state index contributed by atoms with van der Waals surface area (Å²) in [4.78, 5) is 0. The van der Waals surface area contributed by atoms with E-state index in [0.717, 1.165) is 0 Å². The van der Waals surface area contributed by atoms with Crippen LogP contribution in [-0.2, 0) is 0 Å². The first-order valence-corrected chi connectivity index (χ1v) is 8.30. The van der Waals surface area contributed by atoms with Crippen molar-refractivity contribution in [2.75, 3.05) is 0 Å². The number of aryl methyl sites for hydroxylation is 1. The Hall–Kier alpha value is -3.06. The van der Waals surface area contributed by atoms with E-state index in [2.05, 4.69) is 96.4 Å². The lowest BCUT2D eigenvalue weighted by atomic mass is 10.1. The topological polar surface area (TPSA) is 4.93 Å². The van der Waals surface area contributed by atoms with Crippen LogP contribution in [0.5, 0.6) is 0 Å². The zero-order valence-corrected chi connectivity index (χ0v) is 13.5. The van der Waals surface area contributed by atoms with Gasteiger partial charge in [-0.25, -0.2) is 0 Å². The molecular weight excluding hydrogens is 290 g/mol. The Kier molecular flexibility index (Phi) is 2.77. The molecule has 24 heavy (non-hydrogen) atoms. The van der Waals surface area contributed by atoms with Crippen molar-refractivity contribution in [3.8, 4) is 5.69 Å². The Morgan fingerprint density at radius 3 is 2.25 bits per heavy atom. The van der Waals surface area contributed by atoms with E-state index >= 15 is 0 Å². The molecule has 0 unspecified atom stereocenters. The summed E-state index contributed by atoms with van der Waals surface area (Å²) >= 11 is 0. The summed E-state index contributed by atoms with van der Waals surface area (Å²) in [5.41, 5.74) is 5.03. The van der Waals surface area contributed by atoms with Crippen molar-refractivity contribution in [2.24, 2.45) is 0 Å². The molecule has 0 saturated carbocycles. The molecular formula is C23H17N. The van der Waals surface area contributed by atoms with Crippen molar-refractivity contribution in [3.63, 3.8) is 0 Å². The van der Waals surface area contributed by atoms with Crippen LogP contribution in [0, 0.1) is 6.92 Å². The van der Waals surface area contributed by atoms with Crippen LogP contribution in [0.25, 0.3) is 38.3 Å². The van der Waals surface area contributed by atoms with Gasteiger partial charge < -0.3 is 4.57 Å². The average Bonchev–Trinajstić information content (AvgIpc) is 2.94. The van der Waals surface area contributed by atoms with Crippen molar-refractivity contribution in [1.82, 2.24) is 4.57 Å². The fraction of sp³-hybridized carbons (Fsp3) is 0.0435. The van der Waals surface area contributed by atoms with Gasteiger partial charge >= 0.3 is 0 Å². The van der Waals surface area contributed by atoms with Crippen molar-refractivity contribution < 1.29 is 0 Å². The maximum absolute atomic E-state index is 2.38. The first-order valence-electron chi connectivity index (χ1n) is 8.30. The molecule has 0 aliphatic heterocycles. The zero-order valence-electron chi connectivity index (χ0n) is 13.5. The Balaban J connectivity index is 1.93. The van der Waals surface area contributed by atoms with Gasteiger partial charge in [0.25, 0.3) is 0 Å². The molecule has 1 heteroatoms. The van der Waals surface area contributed by atoms with Crippen LogP contribution in [-0.4, -0.2) is 4.57 Å². The molecule has 0 amide bonds. The second-order valence-electron chi connectivity index (χ2n) is 6.40. The molecule has 0 saturated heterocycles. The average molecular weight is 307 g/mol. The standard InChI is InChI=1S/C23H17N/c1-16-10-13-21-20-8-4-5-9-22(20)24(23(21)14-16)19-12-11-17-6-2-3-7-18(17)15-19/h2-15H,1H3. The number of fused-ring (bicyclic) bond motifs is 4. The van der Waals surface area contributed by atoms with E-state index in [-0.39, 0.29) is 0 Å². The van der Waals surface area contributed by atoms with Gasteiger partial charge in [-0.1, -0.05) is 60.7 Å². The highest BCUT2D eigenvalue weighted by atomic mass is 15.0. The van der Waals surface area contributed by atoms with Crippen molar-refractivity contribution in [3.05, 3.63) is 90.5 Å². The molecule has 0 bridgehead atoms. The lowest BCUT2D eigenvalue weighted by Crippen LogP contribution is -1.93. The maximum Gasteiger partial charge on any atom is 0.0543 e. The number of para-hydroxylation sites is 1. The Morgan fingerprint density at radius 1 is 0.583 bits per heavy atom. The third kappa shape index (κ3) is 1.88. The normalized spacial score (nSPS) is 11.5. The van der Waals surface area contributed by atoms with Gasteiger partial charge in [0, 0.05) is 16.5 Å². The molecule has 1 heterocycles. The SMILES string of the molecule is Cc1ccc2c3ccccc3n(-c3ccc4ccccc4c3)c2c1. The second-order valence-corrected chi connectivity index (χ2v) is 6.40. The van der Waals surface area contributed by atoms with E-state index in [1.807, 2.05) is 0 Å². The lowest BCUT2D eigenvalue weighted by Gasteiger charge is -2.09. The Morgan fingerprint density at radius 2 is 1.33 bits per heavy atom. The molecule has 0 aliphatic rings. The molecule has 4 aromatic carbocycles. The van der Waals surface area contributed by atoms with Gasteiger partial charge in [-0.15, -0.1) is 0 Å². The van der Waals surface area contributed by atoms with Crippen LogP contribution in [0.15, 0.2) is 84.9 Å². The van der Waals surface area contributed by atoms with Gasteiger partial charge in [0.15, 0.2) is 0 Å². The first kappa shape index (κ1) is 13.4. The van der Waals surface area contributed by atoms with Crippen molar-refractivity contribution in [2.45, 2.75) is 6.92 Å². The third-order valence-corrected chi connectivity index (χ3v) is 4.82. The highest BCUT2D eigenvalue weighted by molar-refractivity contribution is 6.09. The summed E-state index contributed by atoms with van der Waals surface area (Å²) in [6.45, 7) is 2.15. The second kappa shape index (κ2) is 4.97. The van der Waals surface area contributed by atoms with E-state index in [9.17, 15) is 0 Å². The largest absolute Gasteiger partial charge is 0.309 e. The van der Waals surface area contributed by atoms with E-state index in [4.69, 9.17) is 0 Å². The molecule has 0 N–H and O–H groups in total. The molecule has 0 radical (unpaired) electrons. The summed E-state index contributed by atoms with van der Waals surface area (Å²) in [5.74, 6) is 0. The number of hydrogen-bond donors (Lipinski definition) is 0. The molecule has 114 valence electrons. The van der Waals surface area contributed by atoms with E-state index in [1.54, 1.807) is 0 Å². The minimum absolute atomic E-state index is 1.21. The molecule has 0 aliphatic carbocycles. The van der Waals surface area contributed by atoms with Crippen LogP contribution in [0.2, 0.25) is 0 Å². The summed E-state index contributed by atoms with van der Waals surface area (Å²) in [5, 5.41) is 5.16. The number of hydrogen-bond acceptors (Lipinski definition) is 0. The minimum atomic E-state index is 1.21. The predicted molar refractivity (Wildman–Crippen MR) is 103 cm³/mol. The highest BCUT2D eigenvalue weighted by Crippen LogP contribution is 2.33. The fourth-order valence-corrected chi connectivity index (χ4v) is 3.67. The quantitative estimate of drug-likeness (QED) is 0.345.